The van der Waals surface area contributed by atoms with E-state index in [9.17, 15) is 28.1 Å². The molecule has 0 heterocycles. The molecule has 92 valence electrons. The number of Topliss-reactive ketones (excluding diaryl/α,β-unsaturated/α-hetero) is 1. The van der Waals surface area contributed by atoms with Crippen molar-refractivity contribution in [3.05, 3.63) is 38.4 Å². The zero-order chi connectivity index (χ0) is 13.4. The van der Waals surface area contributed by atoms with E-state index in [0.717, 1.165) is 19.1 Å². The molecule has 0 unspecified atom stereocenters. The minimum atomic E-state index is -5.02. The second-order valence-corrected chi connectivity index (χ2v) is 3.54. The van der Waals surface area contributed by atoms with Gasteiger partial charge in [0, 0.05) is 5.56 Å². The standard InChI is InChI=1S/C9H5ClF3NO3/c1-4(15)5-2-3-6(10)8(14(16)17)7(5)9(11,12)13/h2-3H,1H3. The summed E-state index contributed by atoms with van der Waals surface area (Å²) in [6.45, 7) is 0.891. The normalized spacial score (nSPS) is 11.4. The maximum atomic E-state index is 12.7. The number of halogens is 4. The number of rotatable bonds is 2. The molecule has 0 N–H and O–H groups in total. The fourth-order valence-electron chi connectivity index (χ4n) is 1.32. The smallest absolute Gasteiger partial charge is 0.294 e. The average molecular weight is 268 g/mol. The van der Waals surface area contributed by atoms with E-state index in [1.165, 1.54) is 0 Å². The lowest BCUT2D eigenvalue weighted by molar-refractivity contribution is -0.387. The van der Waals surface area contributed by atoms with Crippen LogP contribution in [-0.4, -0.2) is 10.7 Å². The number of carbonyl (C=O) groups is 1. The lowest BCUT2D eigenvalue weighted by atomic mass is 10.0. The van der Waals surface area contributed by atoms with Crippen molar-refractivity contribution in [2.45, 2.75) is 13.1 Å². The summed E-state index contributed by atoms with van der Waals surface area (Å²) in [5, 5.41) is 9.91. The molecule has 17 heavy (non-hydrogen) atoms. The summed E-state index contributed by atoms with van der Waals surface area (Å²) in [5.74, 6) is -0.919. The third kappa shape index (κ3) is 2.55. The van der Waals surface area contributed by atoms with Crippen LogP contribution in [0.1, 0.15) is 22.8 Å². The first-order valence-electron chi connectivity index (χ1n) is 4.21. The quantitative estimate of drug-likeness (QED) is 0.468. The number of ketones is 1. The Hall–Kier alpha value is -1.63. The van der Waals surface area contributed by atoms with Gasteiger partial charge in [0.15, 0.2) is 5.78 Å². The molecular weight excluding hydrogens is 263 g/mol. The molecule has 0 fully saturated rings. The van der Waals surface area contributed by atoms with Crippen LogP contribution in [0.15, 0.2) is 12.1 Å². The van der Waals surface area contributed by atoms with Crippen molar-refractivity contribution in [3.8, 4) is 0 Å². The van der Waals surface area contributed by atoms with Gasteiger partial charge in [-0.05, 0) is 19.1 Å². The van der Waals surface area contributed by atoms with Gasteiger partial charge in [0.2, 0.25) is 0 Å². The predicted octanol–water partition coefficient (Wildman–Crippen LogP) is 3.47. The van der Waals surface area contributed by atoms with Crippen molar-refractivity contribution >= 4 is 23.1 Å². The maximum Gasteiger partial charge on any atom is 0.423 e. The lowest BCUT2D eigenvalue weighted by Gasteiger charge is -2.11. The Balaban J connectivity index is 3.75. The van der Waals surface area contributed by atoms with Gasteiger partial charge in [0.05, 0.1) is 4.92 Å². The van der Waals surface area contributed by atoms with Gasteiger partial charge in [-0.15, -0.1) is 0 Å². The maximum absolute atomic E-state index is 12.7. The van der Waals surface area contributed by atoms with Crippen molar-refractivity contribution in [2.24, 2.45) is 0 Å². The molecule has 0 aliphatic carbocycles. The van der Waals surface area contributed by atoms with Crippen LogP contribution >= 0.6 is 11.6 Å². The van der Waals surface area contributed by atoms with Crippen LogP contribution in [-0.2, 0) is 6.18 Å². The third-order valence-electron chi connectivity index (χ3n) is 1.97. The van der Waals surface area contributed by atoms with Gasteiger partial charge in [-0.2, -0.15) is 13.2 Å². The largest absolute Gasteiger partial charge is 0.423 e. The van der Waals surface area contributed by atoms with Gasteiger partial charge in [-0.1, -0.05) is 11.6 Å². The van der Waals surface area contributed by atoms with Crippen molar-refractivity contribution in [1.29, 1.82) is 0 Å². The summed E-state index contributed by atoms with van der Waals surface area (Å²) in [6, 6.07) is 1.71. The van der Waals surface area contributed by atoms with Gasteiger partial charge in [0.25, 0.3) is 0 Å². The molecule has 0 saturated heterocycles. The molecular formula is C9H5ClF3NO3. The minimum absolute atomic E-state index is 0.660. The van der Waals surface area contributed by atoms with Gasteiger partial charge in [0.1, 0.15) is 10.6 Å². The molecule has 0 aliphatic rings. The van der Waals surface area contributed by atoms with Crippen LogP contribution in [0.3, 0.4) is 0 Å². The second kappa shape index (κ2) is 4.33. The third-order valence-corrected chi connectivity index (χ3v) is 2.28. The Labute approximate surface area is 98.1 Å². The highest BCUT2D eigenvalue weighted by molar-refractivity contribution is 6.33. The Kier molecular flexibility index (Phi) is 3.42. The number of nitrogens with zero attached hydrogens (tertiary/aromatic N) is 1. The van der Waals surface area contributed by atoms with Crippen LogP contribution in [0.5, 0.6) is 0 Å². The van der Waals surface area contributed by atoms with E-state index in [1.54, 1.807) is 0 Å². The van der Waals surface area contributed by atoms with Gasteiger partial charge in [-0.3, -0.25) is 14.9 Å². The number of alkyl halides is 3. The number of nitro benzene ring substituents is 1. The van der Waals surface area contributed by atoms with Crippen molar-refractivity contribution < 1.29 is 22.9 Å². The number of nitro groups is 1. The molecule has 8 heteroatoms. The summed E-state index contributed by atoms with van der Waals surface area (Å²) in [5.41, 5.74) is -3.68. The molecule has 0 bridgehead atoms. The first kappa shape index (κ1) is 13.4. The topological polar surface area (TPSA) is 60.2 Å². The summed E-state index contributed by atoms with van der Waals surface area (Å²) in [4.78, 5) is 20.4. The van der Waals surface area contributed by atoms with Crippen LogP contribution < -0.4 is 0 Å². The van der Waals surface area contributed by atoms with Gasteiger partial charge >= 0.3 is 11.9 Å². The van der Waals surface area contributed by atoms with E-state index >= 15 is 0 Å². The zero-order valence-electron chi connectivity index (χ0n) is 8.34. The first-order chi connectivity index (χ1) is 7.66. The highest BCUT2D eigenvalue weighted by Crippen LogP contribution is 2.42. The predicted molar refractivity (Wildman–Crippen MR) is 53.1 cm³/mol. The Bertz CT molecular complexity index is 499. The van der Waals surface area contributed by atoms with E-state index in [2.05, 4.69) is 0 Å². The van der Waals surface area contributed by atoms with Gasteiger partial charge < -0.3 is 0 Å². The zero-order valence-corrected chi connectivity index (χ0v) is 9.09. The molecule has 0 saturated carbocycles. The van der Waals surface area contributed by atoms with Crippen molar-refractivity contribution in [3.63, 3.8) is 0 Å². The molecule has 0 atom stereocenters. The fraction of sp³-hybridized carbons (Fsp3) is 0.222. The van der Waals surface area contributed by atoms with E-state index in [0.29, 0.717) is 0 Å². The van der Waals surface area contributed by atoms with Gasteiger partial charge in [-0.25, -0.2) is 0 Å². The Morgan fingerprint density at radius 3 is 2.29 bits per heavy atom. The molecule has 0 aromatic heterocycles. The highest BCUT2D eigenvalue weighted by Gasteiger charge is 2.43. The lowest BCUT2D eigenvalue weighted by Crippen LogP contribution is -2.15. The summed E-state index contributed by atoms with van der Waals surface area (Å²) in [7, 11) is 0. The number of benzene rings is 1. The van der Waals surface area contributed by atoms with E-state index in [-0.39, 0.29) is 0 Å². The number of carbonyl (C=O) groups excluding carboxylic acids is 1. The first-order valence-corrected chi connectivity index (χ1v) is 4.59. The Morgan fingerprint density at radius 2 is 1.94 bits per heavy atom. The fourth-order valence-corrected chi connectivity index (χ4v) is 1.55. The van der Waals surface area contributed by atoms with Crippen molar-refractivity contribution in [1.82, 2.24) is 0 Å². The van der Waals surface area contributed by atoms with Crippen molar-refractivity contribution in [2.75, 3.05) is 0 Å². The Morgan fingerprint density at radius 1 is 1.41 bits per heavy atom. The minimum Gasteiger partial charge on any atom is -0.294 e. The molecule has 1 rings (SSSR count). The van der Waals surface area contributed by atoms with E-state index in [4.69, 9.17) is 11.6 Å². The van der Waals surface area contributed by atoms with Crippen LogP contribution in [0.4, 0.5) is 18.9 Å². The molecule has 0 aliphatic heterocycles. The van der Waals surface area contributed by atoms with Crippen LogP contribution in [0, 0.1) is 10.1 Å². The molecule has 0 spiro atoms. The number of hydrogen-bond acceptors (Lipinski definition) is 3. The summed E-state index contributed by atoms with van der Waals surface area (Å²) < 4.78 is 38.1. The SMILES string of the molecule is CC(=O)c1ccc(Cl)c([N+](=O)[O-])c1C(F)(F)F. The highest BCUT2D eigenvalue weighted by atomic mass is 35.5. The van der Waals surface area contributed by atoms with E-state index < -0.39 is 38.7 Å². The van der Waals surface area contributed by atoms with E-state index in [1.807, 2.05) is 0 Å². The average Bonchev–Trinajstić information content (AvgIpc) is 2.14. The van der Waals surface area contributed by atoms with Crippen LogP contribution in [0.2, 0.25) is 5.02 Å². The monoisotopic (exact) mass is 267 g/mol. The summed E-state index contributed by atoms with van der Waals surface area (Å²) >= 11 is 5.35. The molecule has 1 aromatic carbocycles. The molecule has 1 aromatic rings. The molecule has 4 nitrogen and oxygen atoms in total. The summed E-state index contributed by atoms with van der Waals surface area (Å²) in [6.07, 6.45) is -5.02. The second-order valence-electron chi connectivity index (χ2n) is 3.13. The number of hydrogen-bond donors (Lipinski definition) is 0. The molecule has 0 amide bonds. The van der Waals surface area contributed by atoms with Crippen LogP contribution in [0.25, 0.3) is 0 Å². The molecule has 0 radical (unpaired) electrons.